The largest absolute Gasteiger partial charge is 0.476 e. The lowest BCUT2D eigenvalue weighted by Crippen LogP contribution is -2.05. The highest BCUT2D eigenvalue weighted by Crippen LogP contribution is 2.27. The van der Waals surface area contributed by atoms with Crippen molar-refractivity contribution in [3.8, 4) is 10.8 Å². The minimum atomic E-state index is -1.47. The first-order chi connectivity index (χ1) is 7.99. The summed E-state index contributed by atoms with van der Waals surface area (Å²) in [5.74, 6) is -3.65. The average molecular weight is 254 g/mol. The Kier molecular flexibility index (Phi) is 2.64. The number of aromatic nitrogens is 2. The Morgan fingerprint density at radius 3 is 2.47 bits per heavy atom. The molecule has 0 saturated heterocycles. The van der Waals surface area contributed by atoms with E-state index >= 15 is 0 Å². The fraction of sp³-hybridized carbons (Fsp3) is 0.111. The van der Waals surface area contributed by atoms with Crippen LogP contribution in [0.25, 0.3) is 10.8 Å². The van der Waals surface area contributed by atoms with Gasteiger partial charge in [0.2, 0.25) is 17.3 Å². The molecule has 2 N–H and O–H groups in total. The van der Waals surface area contributed by atoms with E-state index in [0.29, 0.717) is 4.88 Å². The van der Waals surface area contributed by atoms with Gasteiger partial charge in [0.05, 0.1) is 11.2 Å². The van der Waals surface area contributed by atoms with Crippen LogP contribution in [0.2, 0.25) is 0 Å². The van der Waals surface area contributed by atoms with Crippen molar-refractivity contribution in [3.05, 3.63) is 22.7 Å². The second-order valence-corrected chi connectivity index (χ2v) is 4.29. The zero-order valence-electron chi connectivity index (χ0n) is 8.50. The molecule has 0 spiro atoms. The number of aryl methyl sites for hydroxylation is 1. The highest BCUT2D eigenvalue weighted by atomic mass is 32.1. The molecule has 7 nitrogen and oxygen atoms in total. The Labute approximate surface area is 98.4 Å². The van der Waals surface area contributed by atoms with Gasteiger partial charge in [-0.3, -0.25) is 0 Å². The monoisotopic (exact) mass is 254 g/mol. The first-order valence-electron chi connectivity index (χ1n) is 4.39. The quantitative estimate of drug-likeness (QED) is 0.852. The number of carboxylic acid groups (broad SMARTS) is 2. The van der Waals surface area contributed by atoms with E-state index in [4.69, 9.17) is 14.6 Å². The van der Waals surface area contributed by atoms with Crippen molar-refractivity contribution in [1.29, 1.82) is 0 Å². The van der Waals surface area contributed by atoms with Gasteiger partial charge in [0.15, 0.2) is 0 Å². The van der Waals surface area contributed by atoms with E-state index in [1.54, 1.807) is 6.92 Å². The predicted molar refractivity (Wildman–Crippen MR) is 56.3 cm³/mol. The van der Waals surface area contributed by atoms with Gasteiger partial charge in [-0.15, -0.1) is 11.3 Å². The summed E-state index contributed by atoms with van der Waals surface area (Å²) >= 11 is 1.23. The average Bonchev–Trinajstić information content (AvgIpc) is 2.82. The molecule has 0 radical (unpaired) electrons. The van der Waals surface area contributed by atoms with Crippen molar-refractivity contribution < 1.29 is 24.2 Å². The minimum absolute atomic E-state index is 0.0506. The van der Waals surface area contributed by atoms with Crippen LogP contribution in [0.1, 0.15) is 26.1 Å². The number of nitrogens with zero attached hydrogens (tertiary/aromatic N) is 2. The SMILES string of the molecule is Cc1ncc(-c2nc(C(=O)O)c(C(=O)O)o2)s1. The highest BCUT2D eigenvalue weighted by molar-refractivity contribution is 7.14. The maximum atomic E-state index is 10.8. The molecule has 0 aliphatic heterocycles. The lowest BCUT2D eigenvalue weighted by atomic mass is 10.3. The molecule has 0 saturated carbocycles. The van der Waals surface area contributed by atoms with E-state index in [0.717, 1.165) is 5.01 Å². The van der Waals surface area contributed by atoms with Gasteiger partial charge in [-0.1, -0.05) is 0 Å². The van der Waals surface area contributed by atoms with Gasteiger partial charge in [-0.05, 0) is 6.92 Å². The highest BCUT2D eigenvalue weighted by Gasteiger charge is 2.25. The molecule has 88 valence electrons. The molecule has 2 rings (SSSR count). The van der Waals surface area contributed by atoms with Gasteiger partial charge < -0.3 is 14.6 Å². The molecule has 8 heteroatoms. The smallest absolute Gasteiger partial charge is 0.374 e. The van der Waals surface area contributed by atoms with Crippen LogP contribution in [-0.2, 0) is 0 Å². The lowest BCUT2D eigenvalue weighted by Gasteiger charge is -1.87. The van der Waals surface area contributed by atoms with Gasteiger partial charge in [0, 0.05) is 0 Å². The third-order valence-electron chi connectivity index (χ3n) is 1.86. The molecular weight excluding hydrogens is 248 g/mol. The molecule has 2 aromatic rings. The van der Waals surface area contributed by atoms with Crippen molar-refractivity contribution in [2.75, 3.05) is 0 Å². The van der Waals surface area contributed by atoms with Crippen LogP contribution in [0.3, 0.4) is 0 Å². The minimum Gasteiger partial charge on any atom is -0.476 e. The molecular formula is C9H6N2O5S. The summed E-state index contributed by atoms with van der Waals surface area (Å²) in [7, 11) is 0. The molecule has 0 aliphatic carbocycles. The van der Waals surface area contributed by atoms with Crippen molar-refractivity contribution in [1.82, 2.24) is 9.97 Å². The van der Waals surface area contributed by atoms with Crippen LogP contribution in [0.15, 0.2) is 10.6 Å². The first kappa shape index (κ1) is 11.3. The summed E-state index contributed by atoms with van der Waals surface area (Å²) in [6.45, 7) is 1.76. The third-order valence-corrected chi connectivity index (χ3v) is 2.76. The standard InChI is InChI=1S/C9H6N2O5S/c1-3-10-2-4(17-3)7-11-5(8(12)13)6(16-7)9(14)15/h2H,1H3,(H,12,13)(H,14,15). The Morgan fingerprint density at radius 1 is 1.35 bits per heavy atom. The molecule has 0 amide bonds. The maximum absolute atomic E-state index is 10.8. The Balaban J connectivity index is 2.54. The fourth-order valence-corrected chi connectivity index (χ4v) is 1.88. The second kappa shape index (κ2) is 3.98. The Morgan fingerprint density at radius 2 is 2.06 bits per heavy atom. The van der Waals surface area contributed by atoms with Gasteiger partial charge in [-0.25, -0.2) is 19.6 Å². The normalized spacial score (nSPS) is 10.4. The van der Waals surface area contributed by atoms with Crippen LogP contribution in [0, 0.1) is 6.92 Å². The Bertz CT molecular complexity index is 569. The molecule has 0 aromatic carbocycles. The number of rotatable bonds is 3. The summed E-state index contributed by atoms with van der Waals surface area (Å²) in [5, 5.41) is 18.3. The van der Waals surface area contributed by atoms with Crippen molar-refractivity contribution in [2.24, 2.45) is 0 Å². The van der Waals surface area contributed by atoms with Crippen LogP contribution in [0.4, 0.5) is 0 Å². The molecule has 2 heterocycles. The van der Waals surface area contributed by atoms with E-state index in [2.05, 4.69) is 9.97 Å². The number of oxazole rings is 1. The summed E-state index contributed by atoms with van der Waals surface area (Å²) in [4.78, 5) is 29.6. The molecule has 0 atom stereocenters. The van der Waals surface area contributed by atoms with E-state index in [9.17, 15) is 9.59 Å². The van der Waals surface area contributed by atoms with Gasteiger partial charge >= 0.3 is 11.9 Å². The van der Waals surface area contributed by atoms with E-state index in [1.807, 2.05) is 0 Å². The topological polar surface area (TPSA) is 114 Å². The lowest BCUT2D eigenvalue weighted by molar-refractivity contribution is 0.0624. The number of carboxylic acids is 2. The second-order valence-electron chi connectivity index (χ2n) is 3.05. The summed E-state index contributed by atoms with van der Waals surface area (Å²) in [6.07, 6.45) is 1.45. The summed E-state index contributed by atoms with van der Waals surface area (Å²) in [5.41, 5.74) is -0.612. The fourth-order valence-electron chi connectivity index (χ4n) is 1.18. The van der Waals surface area contributed by atoms with Gasteiger partial charge in [-0.2, -0.15) is 0 Å². The van der Waals surface area contributed by atoms with E-state index in [1.165, 1.54) is 17.5 Å². The number of carbonyl (C=O) groups is 2. The van der Waals surface area contributed by atoms with E-state index in [-0.39, 0.29) is 5.89 Å². The number of hydrogen-bond donors (Lipinski definition) is 2. The van der Waals surface area contributed by atoms with Gasteiger partial charge in [0.1, 0.15) is 4.88 Å². The summed E-state index contributed by atoms with van der Waals surface area (Å²) in [6, 6.07) is 0. The number of hydrogen-bond acceptors (Lipinski definition) is 6. The van der Waals surface area contributed by atoms with Crippen LogP contribution in [-0.4, -0.2) is 32.1 Å². The third kappa shape index (κ3) is 2.02. The first-order valence-corrected chi connectivity index (χ1v) is 5.21. The molecule has 0 aliphatic rings. The van der Waals surface area contributed by atoms with Crippen molar-refractivity contribution >= 4 is 23.3 Å². The van der Waals surface area contributed by atoms with E-state index < -0.39 is 23.4 Å². The number of thiazole rings is 1. The van der Waals surface area contributed by atoms with Crippen molar-refractivity contribution in [2.45, 2.75) is 6.92 Å². The molecule has 0 fully saturated rings. The maximum Gasteiger partial charge on any atom is 0.374 e. The number of aromatic carboxylic acids is 2. The van der Waals surface area contributed by atoms with Gasteiger partial charge in [0.25, 0.3) is 0 Å². The molecule has 0 bridgehead atoms. The van der Waals surface area contributed by atoms with Crippen molar-refractivity contribution in [3.63, 3.8) is 0 Å². The molecule has 17 heavy (non-hydrogen) atoms. The molecule has 2 aromatic heterocycles. The van der Waals surface area contributed by atoms with Crippen LogP contribution >= 0.6 is 11.3 Å². The Hall–Kier alpha value is -2.22. The zero-order chi connectivity index (χ0) is 12.6. The molecule has 0 unspecified atom stereocenters. The predicted octanol–water partition coefficient (Wildman–Crippen LogP) is 1.50. The van der Waals surface area contributed by atoms with Crippen LogP contribution in [0.5, 0.6) is 0 Å². The van der Waals surface area contributed by atoms with Crippen LogP contribution < -0.4 is 0 Å². The summed E-state index contributed by atoms with van der Waals surface area (Å²) < 4.78 is 4.92. The zero-order valence-corrected chi connectivity index (χ0v) is 9.32.